The van der Waals surface area contributed by atoms with E-state index in [0.29, 0.717) is 33.0 Å². The molecule has 45 heavy (non-hydrogen) atoms. The first-order valence-electron chi connectivity index (χ1n) is 14.1. The molecule has 0 saturated heterocycles. The first-order chi connectivity index (χ1) is 21.7. The zero-order valence-electron chi connectivity index (χ0n) is 25.1. The second-order valence-electron chi connectivity index (χ2n) is 10.5. The lowest BCUT2D eigenvalue weighted by Gasteiger charge is -2.17. The summed E-state index contributed by atoms with van der Waals surface area (Å²) in [5.41, 5.74) is 5.13. The summed E-state index contributed by atoms with van der Waals surface area (Å²) < 4.78 is 44.0. The number of methoxy groups -OCH3 is 1. The fourth-order valence-electron chi connectivity index (χ4n) is 5.31. The Morgan fingerprint density at radius 2 is 1.96 bits per heavy atom. The van der Waals surface area contributed by atoms with E-state index in [0.717, 1.165) is 39.7 Å². The van der Waals surface area contributed by atoms with E-state index in [4.69, 9.17) is 14.5 Å². The third-order valence-electron chi connectivity index (χ3n) is 7.68. The summed E-state index contributed by atoms with van der Waals surface area (Å²) in [4.78, 5) is 17.1. The molecule has 4 heterocycles. The van der Waals surface area contributed by atoms with Gasteiger partial charge in [-0.05, 0) is 43.5 Å². The molecule has 0 aliphatic heterocycles. The summed E-state index contributed by atoms with van der Waals surface area (Å²) in [6.07, 6.45) is 1.19. The summed E-state index contributed by atoms with van der Waals surface area (Å²) in [7, 11) is 3.41. The number of aryl methyl sites for hydroxylation is 2. The molecule has 6 aromatic rings. The number of H-pyrrole nitrogens is 1. The molecule has 2 N–H and O–H groups in total. The maximum atomic E-state index is 15.9. The third-order valence-corrected chi connectivity index (χ3v) is 8.61. The van der Waals surface area contributed by atoms with Crippen LogP contribution < -0.4 is 10.1 Å². The predicted octanol–water partition coefficient (Wildman–Crippen LogP) is 6.88. The van der Waals surface area contributed by atoms with Crippen LogP contribution >= 0.6 is 11.3 Å². The molecule has 1 atom stereocenters. The smallest absolute Gasteiger partial charge is 0.243 e. The molecule has 0 fully saturated rings. The summed E-state index contributed by atoms with van der Waals surface area (Å²) in [5.74, 6) is -1.90. The van der Waals surface area contributed by atoms with Gasteiger partial charge < -0.3 is 14.8 Å². The molecule has 0 spiro atoms. The van der Waals surface area contributed by atoms with Gasteiger partial charge in [0.1, 0.15) is 35.4 Å². The molecule has 2 aromatic carbocycles. The Kier molecular flexibility index (Phi) is 8.17. The van der Waals surface area contributed by atoms with Gasteiger partial charge in [0.25, 0.3) is 0 Å². The molecule has 1 unspecified atom stereocenters. The van der Waals surface area contributed by atoms with E-state index in [1.54, 1.807) is 13.0 Å². The van der Waals surface area contributed by atoms with Crippen molar-refractivity contribution in [1.82, 2.24) is 30.3 Å². The zero-order chi connectivity index (χ0) is 31.8. The molecule has 0 radical (unpaired) electrons. The molecule has 4 aromatic heterocycles. The van der Waals surface area contributed by atoms with Crippen molar-refractivity contribution >= 4 is 38.2 Å². The van der Waals surface area contributed by atoms with Crippen molar-refractivity contribution in [2.45, 2.75) is 19.9 Å². The molecule has 1 amide bonds. The monoisotopic (exact) mass is 628 g/mol. The van der Waals surface area contributed by atoms with Gasteiger partial charge in [-0.1, -0.05) is 18.7 Å². The number of nitrogens with zero attached hydrogens (tertiary/aromatic N) is 4. The minimum Gasteiger partial charge on any atom is -0.490 e. The maximum absolute atomic E-state index is 15.9. The highest BCUT2D eigenvalue weighted by Crippen LogP contribution is 2.47. The average Bonchev–Trinajstić information content (AvgIpc) is 3.76. The second kappa shape index (κ2) is 12.2. The molecule has 0 saturated carbocycles. The summed E-state index contributed by atoms with van der Waals surface area (Å²) in [5, 5.41) is 18.7. The van der Waals surface area contributed by atoms with Gasteiger partial charge in [0, 0.05) is 58.6 Å². The van der Waals surface area contributed by atoms with E-state index in [2.05, 4.69) is 27.2 Å². The van der Waals surface area contributed by atoms with Crippen LogP contribution in [-0.2, 0) is 16.6 Å². The Bertz CT molecular complexity index is 2080. The van der Waals surface area contributed by atoms with E-state index < -0.39 is 17.7 Å². The molecule has 0 bridgehead atoms. The van der Waals surface area contributed by atoms with Crippen molar-refractivity contribution in [3.05, 3.63) is 83.5 Å². The van der Waals surface area contributed by atoms with Gasteiger partial charge >= 0.3 is 0 Å². The summed E-state index contributed by atoms with van der Waals surface area (Å²) >= 11 is 1.40. The number of hydrogen-bond donors (Lipinski definition) is 2. The Morgan fingerprint density at radius 1 is 1.13 bits per heavy atom. The number of halogens is 2. The van der Waals surface area contributed by atoms with Crippen LogP contribution in [0.25, 0.3) is 54.8 Å². The van der Waals surface area contributed by atoms with Gasteiger partial charge in [0.2, 0.25) is 5.91 Å². The number of amides is 1. The van der Waals surface area contributed by atoms with Crippen molar-refractivity contribution in [1.29, 1.82) is 0 Å². The highest BCUT2D eigenvalue weighted by Gasteiger charge is 2.27. The van der Waals surface area contributed by atoms with E-state index in [1.807, 2.05) is 48.3 Å². The van der Waals surface area contributed by atoms with Crippen LogP contribution in [0.5, 0.6) is 5.75 Å². The molecular weight excluding hydrogens is 598 g/mol. The van der Waals surface area contributed by atoms with Crippen LogP contribution in [-0.4, -0.2) is 51.2 Å². The molecule has 12 heteroatoms. The number of thiophene rings is 1. The lowest BCUT2D eigenvalue weighted by molar-refractivity contribution is -0.117. The van der Waals surface area contributed by atoms with Gasteiger partial charge in [-0.3, -0.25) is 14.6 Å². The van der Waals surface area contributed by atoms with Gasteiger partial charge in [-0.2, -0.15) is 10.2 Å². The molecule has 230 valence electrons. The molecular formula is C33H30F2N6O3S. The van der Waals surface area contributed by atoms with E-state index in [1.165, 1.54) is 24.5 Å². The molecule has 6 rings (SSSR count). The van der Waals surface area contributed by atoms with Crippen LogP contribution in [0.2, 0.25) is 0 Å². The van der Waals surface area contributed by atoms with Crippen molar-refractivity contribution in [3.8, 4) is 39.5 Å². The Balaban J connectivity index is 1.62. The SMILES string of the molecule is C=CC(=O)NC(C)c1cc(-c2nc(-c3ccc4c(C)n(C)nc4c3)c3ccsc3c2-c2c(F)cc(F)cc2OCCOC)n[nH]1. The third kappa shape index (κ3) is 5.58. The predicted molar refractivity (Wildman–Crippen MR) is 171 cm³/mol. The summed E-state index contributed by atoms with van der Waals surface area (Å²) in [6.45, 7) is 7.62. The van der Waals surface area contributed by atoms with Gasteiger partial charge in [0.15, 0.2) is 0 Å². The minimum atomic E-state index is -0.805. The van der Waals surface area contributed by atoms with Crippen LogP contribution in [0.1, 0.15) is 24.4 Å². The highest BCUT2D eigenvalue weighted by atomic mass is 32.1. The van der Waals surface area contributed by atoms with E-state index >= 15 is 4.39 Å². The number of hydrogen-bond acceptors (Lipinski definition) is 7. The lowest BCUT2D eigenvalue weighted by Crippen LogP contribution is -2.24. The number of benzene rings is 2. The van der Waals surface area contributed by atoms with Crippen molar-refractivity contribution in [2.75, 3.05) is 20.3 Å². The minimum absolute atomic E-state index is 0.0165. The maximum Gasteiger partial charge on any atom is 0.243 e. The molecule has 0 aliphatic carbocycles. The Labute approximate surface area is 261 Å². The highest BCUT2D eigenvalue weighted by molar-refractivity contribution is 7.18. The van der Waals surface area contributed by atoms with E-state index in [-0.39, 0.29) is 30.4 Å². The van der Waals surface area contributed by atoms with Crippen LogP contribution in [0.4, 0.5) is 8.78 Å². The number of carbonyl (C=O) groups is 1. The number of rotatable bonds is 10. The first-order valence-corrected chi connectivity index (χ1v) is 15.0. The van der Waals surface area contributed by atoms with Crippen LogP contribution in [0, 0.1) is 18.6 Å². The van der Waals surface area contributed by atoms with Crippen molar-refractivity contribution in [2.24, 2.45) is 7.05 Å². The van der Waals surface area contributed by atoms with Gasteiger partial charge in [-0.25, -0.2) is 13.8 Å². The zero-order valence-corrected chi connectivity index (χ0v) is 25.9. The fourth-order valence-corrected chi connectivity index (χ4v) is 6.26. The number of pyridine rings is 1. The lowest BCUT2D eigenvalue weighted by atomic mass is 9.96. The second-order valence-corrected chi connectivity index (χ2v) is 11.4. The number of fused-ring (bicyclic) bond motifs is 2. The van der Waals surface area contributed by atoms with Crippen LogP contribution in [0.15, 0.2) is 60.5 Å². The number of ether oxygens (including phenoxy) is 2. The molecule has 9 nitrogen and oxygen atoms in total. The summed E-state index contributed by atoms with van der Waals surface area (Å²) in [6, 6.07) is 11.2. The van der Waals surface area contributed by atoms with Gasteiger partial charge in [0.05, 0.1) is 35.1 Å². The van der Waals surface area contributed by atoms with Crippen molar-refractivity contribution < 1.29 is 23.0 Å². The molecule has 0 aliphatic rings. The topological polar surface area (TPSA) is 107 Å². The van der Waals surface area contributed by atoms with E-state index in [9.17, 15) is 9.18 Å². The Hall–Kier alpha value is -4.94. The first kappa shape index (κ1) is 30.1. The quantitative estimate of drug-likeness (QED) is 0.127. The van der Waals surface area contributed by atoms with Crippen molar-refractivity contribution in [3.63, 3.8) is 0 Å². The number of carbonyl (C=O) groups excluding carboxylic acids is 1. The average molecular weight is 629 g/mol. The Morgan fingerprint density at radius 3 is 2.73 bits per heavy atom. The normalized spacial score (nSPS) is 12.1. The fraction of sp³-hybridized carbons (Fsp3) is 0.212. The van der Waals surface area contributed by atoms with Gasteiger partial charge in [-0.15, -0.1) is 11.3 Å². The standard InChI is InChI=1S/C33H30F2N6O3S/c1-6-28(42)36-17(2)24-16-26(39-38-24)32-30(29-23(35)14-20(34)15-27(29)44-11-10-43-5)33-22(9-12-45-33)31(37-32)19-7-8-21-18(3)41(4)40-25(21)13-19/h6-9,12-17H,1,10-11H2,2-5H3,(H,36,42)(H,38,39). The number of aromatic nitrogens is 5. The number of nitrogens with one attached hydrogen (secondary N) is 2. The van der Waals surface area contributed by atoms with Crippen LogP contribution in [0.3, 0.4) is 0 Å². The largest absolute Gasteiger partial charge is 0.490 e. The number of aromatic amines is 1.